The molecule has 1 saturated heterocycles. The van der Waals surface area contributed by atoms with Crippen molar-refractivity contribution in [3.8, 4) is 0 Å². The van der Waals surface area contributed by atoms with Crippen molar-refractivity contribution in [2.24, 2.45) is 0 Å². The molecule has 1 aliphatic rings. The predicted molar refractivity (Wildman–Crippen MR) is 62.7 cm³/mol. The van der Waals surface area contributed by atoms with Gasteiger partial charge in [0.2, 0.25) is 0 Å². The van der Waals surface area contributed by atoms with Gasteiger partial charge in [-0.25, -0.2) is 8.78 Å². The standard InChI is InChI=1S/C12H12ClF2NO2/c13-6-9-7-16(3-4-18-9)12(17)8-1-2-10(14)11(15)5-8/h1-2,5,9H,3-4,6-7H2. The lowest BCUT2D eigenvalue weighted by Crippen LogP contribution is -2.46. The van der Waals surface area contributed by atoms with E-state index in [4.69, 9.17) is 16.3 Å². The number of nitrogens with zero attached hydrogens (tertiary/aromatic N) is 1. The van der Waals surface area contributed by atoms with Crippen molar-refractivity contribution < 1.29 is 18.3 Å². The summed E-state index contributed by atoms with van der Waals surface area (Å²) >= 11 is 5.67. The second-order valence-electron chi connectivity index (χ2n) is 4.03. The van der Waals surface area contributed by atoms with E-state index in [1.807, 2.05) is 0 Å². The number of hydrogen-bond acceptors (Lipinski definition) is 2. The molecule has 0 saturated carbocycles. The minimum Gasteiger partial charge on any atom is -0.373 e. The Bertz CT molecular complexity index is 456. The zero-order valence-corrected chi connectivity index (χ0v) is 10.3. The summed E-state index contributed by atoms with van der Waals surface area (Å²) in [5, 5.41) is 0. The van der Waals surface area contributed by atoms with Crippen LogP contribution >= 0.6 is 11.6 Å². The van der Waals surface area contributed by atoms with E-state index in [0.717, 1.165) is 12.1 Å². The average Bonchev–Trinajstić information content (AvgIpc) is 2.41. The van der Waals surface area contributed by atoms with Crippen LogP contribution in [-0.2, 0) is 4.74 Å². The average molecular weight is 276 g/mol. The van der Waals surface area contributed by atoms with Crippen LogP contribution in [0.4, 0.5) is 8.78 Å². The molecule has 0 aliphatic carbocycles. The molecule has 3 nitrogen and oxygen atoms in total. The van der Waals surface area contributed by atoms with E-state index in [0.29, 0.717) is 25.6 Å². The molecular formula is C12H12ClF2NO2. The number of hydrogen-bond donors (Lipinski definition) is 0. The van der Waals surface area contributed by atoms with Gasteiger partial charge in [0.1, 0.15) is 0 Å². The van der Waals surface area contributed by atoms with Crippen molar-refractivity contribution in [1.82, 2.24) is 4.90 Å². The lowest BCUT2D eigenvalue weighted by atomic mass is 10.1. The van der Waals surface area contributed by atoms with Gasteiger partial charge in [0.05, 0.1) is 18.6 Å². The minimum atomic E-state index is -1.02. The van der Waals surface area contributed by atoms with Crippen LogP contribution in [-0.4, -0.2) is 42.5 Å². The maximum atomic E-state index is 13.1. The van der Waals surface area contributed by atoms with Gasteiger partial charge in [-0.3, -0.25) is 4.79 Å². The highest BCUT2D eigenvalue weighted by Gasteiger charge is 2.24. The van der Waals surface area contributed by atoms with Crippen LogP contribution in [0, 0.1) is 11.6 Å². The summed E-state index contributed by atoms with van der Waals surface area (Å²) in [6, 6.07) is 3.12. The van der Waals surface area contributed by atoms with Crippen LogP contribution < -0.4 is 0 Å². The van der Waals surface area contributed by atoms with Crippen molar-refractivity contribution in [3.63, 3.8) is 0 Å². The number of alkyl halides is 1. The summed E-state index contributed by atoms with van der Waals surface area (Å²) in [7, 11) is 0. The van der Waals surface area contributed by atoms with Crippen LogP contribution in [0.5, 0.6) is 0 Å². The number of carbonyl (C=O) groups is 1. The molecule has 0 bridgehead atoms. The van der Waals surface area contributed by atoms with Gasteiger partial charge >= 0.3 is 0 Å². The van der Waals surface area contributed by atoms with Gasteiger partial charge in [-0.2, -0.15) is 0 Å². The molecular weight excluding hydrogens is 264 g/mol. The van der Waals surface area contributed by atoms with Crippen molar-refractivity contribution in [2.75, 3.05) is 25.6 Å². The smallest absolute Gasteiger partial charge is 0.254 e. The predicted octanol–water partition coefficient (Wildman–Crippen LogP) is 2.04. The van der Waals surface area contributed by atoms with Gasteiger partial charge in [-0.05, 0) is 18.2 Å². The molecule has 1 amide bonds. The first-order valence-corrected chi connectivity index (χ1v) is 6.07. The van der Waals surface area contributed by atoms with Gasteiger partial charge in [-0.1, -0.05) is 0 Å². The van der Waals surface area contributed by atoms with E-state index in [1.165, 1.54) is 11.0 Å². The molecule has 98 valence electrons. The third-order valence-corrected chi connectivity index (χ3v) is 3.11. The first kappa shape index (κ1) is 13.2. The van der Waals surface area contributed by atoms with E-state index in [2.05, 4.69) is 0 Å². The summed E-state index contributed by atoms with van der Waals surface area (Å²) in [4.78, 5) is 13.6. The Morgan fingerprint density at radius 1 is 1.44 bits per heavy atom. The molecule has 0 radical (unpaired) electrons. The first-order valence-electron chi connectivity index (χ1n) is 5.53. The van der Waals surface area contributed by atoms with Gasteiger partial charge in [0.25, 0.3) is 5.91 Å². The van der Waals surface area contributed by atoms with E-state index >= 15 is 0 Å². The van der Waals surface area contributed by atoms with Gasteiger partial charge in [-0.15, -0.1) is 11.6 Å². The fourth-order valence-corrected chi connectivity index (χ4v) is 2.00. The Balaban J connectivity index is 2.12. The second-order valence-corrected chi connectivity index (χ2v) is 4.34. The monoisotopic (exact) mass is 275 g/mol. The lowest BCUT2D eigenvalue weighted by molar-refractivity contribution is -0.0108. The van der Waals surface area contributed by atoms with Gasteiger partial charge < -0.3 is 9.64 Å². The second kappa shape index (κ2) is 5.63. The summed E-state index contributed by atoms with van der Waals surface area (Å²) < 4.78 is 31.2. The van der Waals surface area contributed by atoms with E-state index < -0.39 is 11.6 Å². The number of amides is 1. The topological polar surface area (TPSA) is 29.5 Å². The van der Waals surface area contributed by atoms with Crippen molar-refractivity contribution >= 4 is 17.5 Å². The number of carbonyl (C=O) groups excluding carboxylic acids is 1. The Kier molecular flexibility index (Phi) is 4.14. The van der Waals surface area contributed by atoms with Crippen LogP contribution in [0.3, 0.4) is 0 Å². The summed E-state index contributed by atoms with van der Waals surface area (Å²) in [5.41, 5.74) is 0.129. The van der Waals surface area contributed by atoms with Crippen molar-refractivity contribution in [2.45, 2.75) is 6.10 Å². The third kappa shape index (κ3) is 2.79. The first-order chi connectivity index (χ1) is 8.61. The van der Waals surface area contributed by atoms with Crippen molar-refractivity contribution in [3.05, 3.63) is 35.4 Å². The molecule has 1 heterocycles. The fourth-order valence-electron chi connectivity index (χ4n) is 1.81. The number of benzene rings is 1. The maximum absolute atomic E-state index is 13.1. The van der Waals surface area contributed by atoms with E-state index in [1.54, 1.807) is 0 Å². The fraction of sp³-hybridized carbons (Fsp3) is 0.417. The molecule has 1 aliphatic heterocycles. The normalized spacial score (nSPS) is 19.9. The Labute approximate surface area is 108 Å². The number of ether oxygens (including phenoxy) is 1. The number of halogens is 3. The molecule has 1 aromatic carbocycles. The largest absolute Gasteiger partial charge is 0.373 e. The Hall–Kier alpha value is -1.20. The number of rotatable bonds is 2. The molecule has 0 spiro atoms. The summed E-state index contributed by atoms with van der Waals surface area (Å²) in [6.45, 7) is 1.18. The van der Waals surface area contributed by atoms with Crippen LogP contribution in [0.2, 0.25) is 0 Å². The quantitative estimate of drug-likeness (QED) is 0.773. The van der Waals surface area contributed by atoms with Crippen LogP contribution in [0.15, 0.2) is 18.2 Å². The molecule has 6 heteroatoms. The van der Waals surface area contributed by atoms with Crippen LogP contribution in [0.25, 0.3) is 0 Å². The molecule has 0 aromatic heterocycles. The molecule has 1 unspecified atom stereocenters. The third-order valence-electron chi connectivity index (χ3n) is 2.76. The zero-order chi connectivity index (χ0) is 13.1. The minimum absolute atomic E-state index is 0.129. The summed E-state index contributed by atoms with van der Waals surface area (Å²) in [5.74, 6) is -2.04. The van der Waals surface area contributed by atoms with E-state index in [-0.39, 0.29) is 17.6 Å². The summed E-state index contributed by atoms with van der Waals surface area (Å²) in [6.07, 6.45) is -0.213. The molecule has 1 atom stereocenters. The zero-order valence-electron chi connectivity index (χ0n) is 9.54. The van der Waals surface area contributed by atoms with Crippen molar-refractivity contribution in [1.29, 1.82) is 0 Å². The highest BCUT2D eigenvalue weighted by atomic mass is 35.5. The molecule has 2 rings (SSSR count). The number of morpholine rings is 1. The molecule has 1 fully saturated rings. The maximum Gasteiger partial charge on any atom is 0.254 e. The molecule has 1 aromatic rings. The molecule has 0 N–H and O–H groups in total. The highest BCUT2D eigenvalue weighted by Crippen LogP contribution is 2.14. The highest BCUT2D eigenvalue weighted by molar-refractivity contribution is 6.18. The molecule has 18 heavy (non-hydrogen) atoms. The van der Waals surface area contributed by atoms with Gasteiger partial charge in [0, 0.05) is 18.7 Å². The van der Waals surface area contributed by atoms with Crippen LogP contribution in [0.1, 0.15) is 10.4 Å². The van der Waals surface area contributed by atoms with E-state index in [9.17, 15) is 13.6 Å². The van der Waals surface area contributed by atoms with Gasteiger partial charge in [0.15, 0.2) is 11.6 Å². The Morgan fingerprint density at radius 3 is 2.89 bits per heavy atom. The SMILES string of the molecule is O=C(c1ccc(F)c(F)c1)N1CCOC(CCl)C1. The lowest BCUT2D eigenvalue weighted by Gasteiger charge is -2.32. The Morgan fingerprint density at radius 2 is 2.22 bits per heavy atom.